The Hall–Kier alpha value is -0.570. The van der Waals surface area contributed by atoms with E-state index in [0.29, 0.717) is 0 Å². The van der Waals surface area contributed by atoms with E-state index in [1.807, 2.05) is 33.0 Å². The highest BCUT2D eigenvalue weighted by Crippen LogP contribution is 2.19. The Morgan fingerprint density at radius 2 is 2.13 bits per heavy atom. The second kappa shape index (κ2) is 5.50. The molecule has 0 bridgehead atoms. The van der Waals surface area contributed by atoms with Crippen LogP contribution in [0.4, 0.5) is 0 Å². The molecule has 0 radical (unpaired) electrons. The van der Waals surface area contributed by atoms with Crippen LogP contribution >= 0.6 is 11.6 Å². The summed E-state index contributed by atoms with van der Waals surface area (Å²) in [6.07, 6.45) is 0. The van der Waals surface area contributed by atoms with Gasteiger partial charge in [-0.25, -0.2) is 0 Å². The molecule has 1 rings (SSSR count). The van der Waals surface area contributed by atoms with Crippen molar-refractivity contribution in [2.45, 2.75) is 26.4 Å². The normalized spacial score (nSPS) is 13.2. The second-order valence-corrected chi connectivity index (χ2v) is 4.45. The van der Waals surface area contributed by atoms with E-state index in [-0.39, 0.29) is 12.6 Å². The van der Waals surface area contributed by atoms with Gasteiger partial charge in [0.25, 0.3) is 0 Å². The predicted molar refractivity (Wildman–Crippen MR) is 64.2 cm³/mol. The van der Waals surface area contributed by atoms with Gasteiger partial charge < -0.3 is 5.11 Å². The molecule has 0 saturated heterocycles. The zero-order valence-corrected chi connectivity index (χ0v) is 10.3. The molecule has 0 aliphatic heterocycles. The summed E-state index contributed by atoms with van der Waals surface area (Å²) in [5, 5.41) is 9.82. The lowest BCUT2D eigenvalue weighted by Gasteiger charge is -2.23. The summed E-state index contributed by atoms with van der Waals surface area (Å²) in [5.41, 5.74) is 2.27. The number of aliphatic hydroxyl groups is 1. The molecule has 1 N–H and O–H groups in total. The first-order valence-corrected chi connectivity index (χ1v) is 5.48. The van der Waals surface area contributed by atoms with Gasteiger partial charge in [-0.1, -0.05) is 23.7 Å². The van der Waals surface area contributed by atoms with Crippen molar-refractivity contribution < 1.29 is 5.11 Å². The number of benzene rings is 1. The lowest BCUT2D eigenvalue weighted by Crippen LogP contribution is -2.31. The van der Waals surface area contributed by atoms with Crippen LogP contribution in [0, 0.1) is 6.92 Å². The molecular formula is C12H18ClNO. The minimum absolute atomic E-state index is 0.155. The average molecular weight is 228 g/mol. The van der Waals surface area contributed by atoms with Gasteiger partial charge in [-0.15, -0.1) is 0 Å². The highest BCUT2D eigenvalue weighted by Gasteiger charge is 2.09. The lowest BCUT2D eigenvalue weighted by atomic mass is 10.1. The van der Waals surface area contributed by atoms with Gasteiger partial charge in [0.2, 0.25) is 0 Å². The van der Waals surface area contributed by atoms with E-state index in [4.69, 9.17) is 16.7 Å². The summed E-state index contributed by atoms with van der Waals surface area (Å²) in [6.45, 7) is 4.94. The fraction of sp³-hybridized carbons (Fsp3) is 0.500. The third kappa shape index (κ3) is 3.49. The van der Waals surface area contributed by atoms with E-state index >= 15 is 0 Å². The van der Waals surface area contributed by atoms with Gasteiger partial charge in [0.15, 0.2) is 0 Å². The molecule has 0 amide bonds. The fourth-order valence-corrected chi connectivity index (χ4v) is 1.64. The Morgan fingerprint density at radius 1 is 1.47 bits per heavy atom. The maximum Gasteiger partial charge on any atom is 0.0584 e. The highest BCUT2D eigenvalue weighted by molar-refractivity contribution is 6.31. The third-order valence-electron chi connectivity index (χ3n) is 2.64. The minimum Gasteiger partial charge on any atom is -0.395 e. The summed E-state index contributed by atoms with van der Waals surface area (Å²) in [5.74, 6) is 0. The van der Waals surface area contributed by atoms with Crippen molar-refractivity contribution >= 4 is 11.6 Å². The van der Waals surface area contributed by atoms with Crippen LogP contribution in [0.2, 0.25) is 5.02 Å². The first-order chi connectivity index (χ1) is 7.04. The first kappa shape index (κ1) is 12.5. The quantitative estimate of drug-likeness (QED) is 0.854. The number of aliphatic hydroxyl groups excluding tert-OH is 1. The van der Waals surface area contributed by atoms with E-state index < -0.39 is 0 Å². The van der Waals surface area contributed by atoms with Gasteiger partial charge in [0.05, 0.1) is 6.61 Å². The highest BCUT2D eigenvalue weighted by atomic mass is 35.5. The summed E-state index contributed by atoms with van der Waals surface area (Å²) < 4.78 is 0. The van der Waals surface area contributed by atoms with Crippen LogP contribution in [0.25, 0.3) is 0 Å². The molecule has 0 heterocycles. The van der Waals surface area contributed by atoms with E-state index in [2.05, 4.69) is 11.0 Å². The van der Waals surface area contributed by atoms with Crippen LogP contribution in [-0.2, 0) is 6.54 Å². The molecular weight excluding hydrogens is 210 g/mol. The molecule has 15 heavy (non-hydrogen) atoms. The summed E-state index contributed by atoms with van der Waals surface area (Å²) in [4.78, 5) is 2.08. The molecule has 1 unspecified atom stereocenters. The summed E-state index contributed by atoms with van der Waals surface area (Å²) in [6, 6.07) is 6.22. The lowest BCUT2D eigenvalue weighted by molar-refractivity contribution is 0.154. The fourth-order valence-electron chi connectivity index (χ4n) is 1.34. The summed E-state index contributed by atoms with van der Waals surface area (Å²) in [7, 11) is 1.98. The Morgan fingerprint density at radius 3 is 2.67 bits per heavy atom. The van der Waals surface area contributed by atoms with Crippen molar-refractivity contribution in [3.63, 3.8) is 0 Å². The van der Waals surface area contributed by atoms with Gasteiger partial charge >= 0.3 is 0 Å². The van der Waals surface area contributed by atoms with Crippen LogP contribution in [0.1, 0.15) is 18.1 Å². The molecule has 0 saturated carbocycles. The van der Waals surface area contributed by atoms with Crippen LogP contribution < -0.4 is 0 Å². The SMILES string of the molecule is Cc1ccc(CN(C)C(C)CO)c(Cl)c1. The predicted octanol–water partition coefficient (Wildman–Crippen LogP) is 2.46. The molecule has 0 aliphatic carbocycles. The van der Waals surface area contributed by atoms with Crippen molar-refractivity contribution in [1.29, 1.82) is 0 Å². The molecule has 0 fully saturated rings. The van der Waals surface area contributed by atoms with Crippen molar-refractivity contribution in [3.8, 4) is 0 Å². The maximum absolute atomic E-state index is 9.02. The van der Waals surface area contributed by atoms with Crippen molar-refractivity contribution in [1.82, 2.24) is 4.90 Å². The molecule has 1 aromatic carbocycles. The number of likely N-dealkylation sites (N-methyl/N-ethyl adjacent to an activating group) is 1. The van der Waals surface area contributed by atoms with Gasteiger partial charge in [0, 0.05) is 17.6 Å². The van der Waals surface area contributed by atoms with Crippen molar-refractivity contribution in [3.05, 3.63) is 34.3 Å². The molecule has 3 heteroatoms. The van der Waals surface area contributed by atoms with Gasteiger partial charge in [-0.3, -0.25) is 4.90 Å². The Kier molecular flexibility index (Phi) is 4.58. The van der Waals surface area contributed by atoms with Crippen LogP contribution in [-0.4, -0.2) is 29.7 Å². The van der Waals surface area contributed by atoms with Crippen molar-refractivity contribution in [2.75, 3.05) is 13.7 Å². The number of rotatable bonds is 4. The molecule has 2 nitrogen and oxygen atoms in total. The topological polar surface area (TPSA) is 23.5 Å². The van der Waals surface area contributed by atoms with Crippen LogP contribution in [0.15, 0.2) is 18.2 Å². The smallest absolute Gasteiger partial charge is 0.0584 e. The number of nitrogens with zero attached hydrogens (tertiary/aromatic N) is 1. The van der Waals surface area contributed by atoms with E-state index in [1.165, 1.54) is 5.56 Å². The number of aryl methyl sites for hydroxylation is 1. The molecule has 0 spiro atoms. The van der Waals surface area contributed by atoms with Crippen molar-refractivity contribution in [2.24, 2.45) is 0 Å². The Bertz CT molecular complexity index is 327. The van der Waals surface area contributed by atoms with Gasteiger partial charge in [-0.2, -0.15) is 0 Å². The molecule has 1 aromatic rings. The van der Waals surface area contributed by atoms with Gasteiger partial charge in [0.1, 0.15) is 0 Å². The van der Waals surface area contributed by atoms with E-state index in [0.717, 1.165) is 17.1 Å². The number of halogens is 1. The van der Waals surface area contributed by atoms with Gasteiger partial charge in [-0.05, 0) is 38.1 Å². The zero-order valence-electron chi connectivity index (χ0n) is 9.50. The number of hydrogen-bond donors (Lipinski definition) is 1. The van der Waals surface area contributed by atoms with Crippen LogP contribution in [0.3, 0.4) is 0 Å². The zero-order chi connectivity index (χ0) is 11.4. The van der Waals surface area contributed by atoms with E-state index in [9.17, 15) is 0 Å². The molecule has 84 valence electrons. The van der Waals surface area contributed by atoms with Crippen LogP contribution in [0.5, 0.6) is 0 Å². The maximum atomic E-state index is 9.02. The average Bonchev–Trinajstić information content (AvgIpc) is 2.20. The van der Waals surface area contributed by atoms with E-state index in [1.54, 1.807) is 0 Å². The molecule has 1 atom stereocenters. The Balaban J connectivity index is 2.72. The Labute approximate surface area is 96.5 Å². The third-order valence-corrected chi connectivity index (χ3v) is 3.00. The monoisotopic (exact) mass is 227 g/mol. The molecule has 0 aliphatic rings. The second-order valence-electron chi connectivity index (χ2n) is 4.04. The standard InChI is InChI=1S/C12H18ClNO/c1-9-4-5-11(12(13)6-9)7-14(3)10(2)8-15/h4-6,10,15H,7-8H2,1-3H3. The summed E-state index contributed by atoms with van der Waals surface area (Å²) >= 11 is 6.13. The first-order valence-electron chi connectivity index (χ1n) is 5.10. The largest absolute Gasteiger partial charge is 0.395 e. The minimum atomic E-state index is 0.155. The molecule has 0 aromatic heterocycles. The number of hydrogen-bond acceptors (Lipinski definition) is 2.